The highest BCUT2D eigenvalue weighted by atomic mass is 35.5. The van der Waals surface area contributed by atoms with Crippen LogP contribution in [0.15, 0.2) is 24.8 Å². The van der Waals surface area contributed by atoms with Crippen LogP contribution in [0.2, 0.25) is 0 Å². The van der Waals surface area contributed by atoms with Gasteiger partial charge in [0.15, 0.2) is 10.9 Å². The molecule has 0 unspecified atom stereocenters. The molecule has 12 heteroatoms. The number of ether oxygens (including phenoxy) is 1. The number of morpholine rings is 1. The maximum absolute atomic E-state index is 14.1. The van der Waals surface area contributed by atoms with Crippen LogP contribution in [0.5, 0.6) is 0 Å². The summed E-state index contributed by atoms with van der Waals surface area (Å²) in [5, 5.41) is 4.29. The molecule has 1 amide bonds. The predicted molar refractivity (Wildman–Crippen MR) is 106 cm³/mol. The minimum absolute atomic E-state index is 0. The summed E-state index contributed by atoms with van der Waals surface area (Å²) < 4.78 is 34.7. The van der Waals surface area contributed by atoms with E-state index in [4.69, 9.17) is 4.74 Å². The lowest BCUT2D eigenvalue weighted by Gasteiger charge is -2.29. The van der Waals surface area contributed by atoms with Crippen LogP contribution in [0.4, 0.5) is 13.9 Å². The number of nitrogens with zero attached hydrogens (tertiary/aromatic N) is 6. The summed E-state index contributed by atoms with van der Waals surface area (Å²) in [4.78, 5) is 24.7. The third-order valence-corrected chi connectivity index (χ3v) is 5.47. The first-order valence-corrected chi connectivity index (χ1v) is 9.60. The van der Waals surface area contributed by atoms with Gasteiger partial charge in [0, 0.05) is 32.2 Å². The molecule has 1 aliphatic heterocycles. The van der Waals surface area contributed by atoms with E-state index in [1.54, 1.807) is 0 Å². The van der Waals surface area contributed by atoms with Crippen molar-refractivity contribution in [3.63, 3.8) is 0 Å². The molecule has 0 aliphatic carbocycles. The molecule has 0 spiro atoms. The number of hydrogen-bond acceptors (Lipinski definition) is 7. The number of rotatable bonds is 6. The van der Waals surface area contributed by atoms with Crippen LogP contribution < -0.4 is 4.90 Å². The van der Waals surface area contributed by atoms with E-state index in [0.717, 1.165) is 30.5 Å². The molecule has 0 saturated carbocycles. The largest absolute Gasteiger partial charge is 0.379 e. The molecule has 1 aliphatic rings. The van der Waals surface area contributed by atoms with Gasteiger partial charge in [0.05, 0.1) is 17.9 Å². The first-order chi connectivity index (χ1) is 13.6. The smallest absolute Gasteiger partial charge is 0.250 e. The van der Waals surface area contributed by atoms with E-state index < -0.39 is 11.6 Å². The van der Waals surface area contributed by atoms with E-state index in [-0.39, 0.29) is 30.4 Å². The van der Waals surface area contributed by atoms with Crippen molar-refractivity contribution >= 4 is 45.0 Å². The Balaban J connectivity index is 0.00000240. The van der Waals surface area contributed by atoms with Gasteiger partial charge in [0.2, 0.25) is 0 Å². The predicted octanol–water partition coefficient (Wildman–Crippen LogP) is 1.95. The summed E-state index contributed by atoms with van der Waals surface area (Å²) in [6, 6.07) is 2.02. The molecule has 0 radical (unpaired) electrons. The first kappa shape index (κ1) is 21.5. The molecule has 3 heterocycles. The maximum atomic E-state index is 14.1. The minimum Gasteiger partial charge on any atom is -0.379 e. The third kappa shape index (κ3) is 5.04. The van der Waals surface area contributed by atoms with E-state index in [9.17, 15) is 13.6 Å². The van der Waals surface area contributed by atoms with Crippen LogP contribution in [-0.2, 0) is 16.1 Å². The maximum Gasteiger partial charge on any atom is 0.250 e. The van der Waals surface area contributed by atoms with Crippen LogP contribution in [0, 0.1) is 11.6 Å². The molecule has 0 bridgehead atoms. The van der Waals surface area contributed by atoms with Gasteiger partial charge in [-0.3, -0.25) is 14.6 Å². The zero-order valence-electron chi connectivity index (χ0n) is 15.3. The molecule has 156 valence electrons. The number of amides is 1. The molecule has 3 aromatic rings. The molecule has 0 N–H and O–H groups in total. The fraction of sp³-hybridized carbons (Fsp3) is 0.412. The number of thiazole rings is 1. The number of anilines is 1. The van der Waals surface area contributed by atoms with Crippen molar-refractivity contribution in [3.05, 3.63) is 36.4 Å². The van der Waals surface area contributed by atoms with Crippen molar-refractivity contribution in [1.82, 2.24) is 24.6 Å². The van der Waals surface area contributed by atoms with E-state index in [0.29, 0.717) is 36.1 Å². The van der Waals surface area contributed by atoms with Gasteiger partial charge in [0.25, 0.3) is 5.91 Å². The van der Waals surface area contributed by atoms with Gasteiger partial charge in [-0.15, -0.1) is 12.4 Å². The van der Waals surface area contributed by atoms with Crippen LogP contribution in [0.3, 0.4) is 0 Å². The molecule has 1 aromatic carbocycles. The Morgan fingerprint density at radius 1 is 1.28 bits per heavy atom. The Kier molecular flexibility index (Phi) is 7.06. The van der Waals surface area contributed by atoms with Gasteiger partial charge >= 0.3 is 0 Å². The molecule has 8 nitrogen and oxygen atoms in total. The second-order valence-corrected chi connectivity index (χ2v) is 7.33. The Hall–Kier alpha value is -2.21. The summed E-state index contributed by atoms with van der Waals surface area (Å²) in [5.74, 6) is -1.66. The first-order valence-electron chi connectivity index (χ1n) is 8.78. The quantitative estimate of drug-likeness (QED) is 0.578. The highest BCUT2D eigenvalue weighted by Crippen LogP contribution is 2.31. The fourth-order valence-corrected chi connectivity index (χ4v) is 4.04. The van der Waals surface area contributed by atoms with Crippen molar-refractivity contribution < 1.29 is 18.3 Å². The van der Waals surface area contributed by atoms with Gasteiger partial charge < -0.3 is 4.74 Å². The second kappa shape index (κ2) is 9.53. The number of benzene rings is 1. The number of halogens is 3. The summed E-state index contributed by atoms with van der Waals surface area (Å²) in [5.41, 5.74) is 0.0614. The summed E-state index contributed by atoms with van der Waals surface area (Å²) >= 11 is 1.09. The average Bonchev–Trinajstić information content (AvgIpc) is 3.32. The van der Waals surface area contributed by atoms with Crippen LogP contribution in [0.25, 0.3) is 10.2 Å². The van der Waals surface area contributed by atoms with Gasteiger partial charge in [-0.05, 0) is 6.07 Å². The standard InChI is InChI=1S/C17H18F2N6O2S.ClH/c18-12-7-13(19)16-14(8-12)28-17(22-16)25(2-1-23-3-5-27-6-4-23)15(26)9-24-11-20-10-21-24;/h7-8,10-11H,1-6,9H2;1H. The van der Waals surface area contributed by atoms with E-state index in [2.05, 4.69) is 20.0 Å². The monoisotopic (exact) mass is 444 g/mol. The number of aromatic nitrogens is 4. The van der Waals surface area contributed by atoms with Gasteiger partial charge in [-0.2, -0.15) is 5.10 Å². The Morgan fingerprint density at radius 3 is 2.79 bits per heavy atom. The molecule has 1 fully saturated rings. The number of fused-ring (bicyclic) bond motifs is 1. The fourth-order valence-electron chi connectivity index (χ4n) is 2.99. The van der Waals surface area contributed by atoms with E-state index in [1.165, 1.54) is 28.3 Å². The highest BCUT2D eigenvalue weighted by Gasteiger charge is 2.23. The molecule has 1 saturated heterocycles. The van der Waals surface area contributed by atoms with Gasteiger partial charge in [0.1, 0.15) is 30.5 Å². The van der Waals surface area contributed by atoms with Crippen molar-refractivity contribution in [2.75, 3.05) is 44.3 Å². The minimum atomic E-state index is -0.741. The van der Waals surface area contributed by atoms with Crippen molar-refractivity contribution in [2.45, 2.75) is 6.54 Å². The Morgan fingerprint density at radius 2 is 2.07 bits per heavy atom. The van der Waals surface area contributed by atoms with E-state index in [1.807, 2.05) is 0 Å². The normalized spacial score (nSPS) is 14.7. The van der Waals surface area contributed by atoms with Crippen molar-refractivity contribution in [3.8, 4) is 0 Å². The molecule has 0 atom stereocenters. The zero-order valence-corrected chi connectivity index (χ0v) is 17.0. The molecule has 4 rings (SSSR count). The lowest BCUT2D eigenvalue weighted by molar-refractivity contribution is -0.119. The molecule has 29 heavy (non-hydrogen) atoms. The zero-order chi connectivity index (χ0) is 19.5. The summed E-state index contributed by atoms with van der Waals surface area (Å²) in [7, 11) is 0. The van der Waals surface area contributed by atoms with Crippen LogP contribution in [0.1, 0.15) is 0 Å². The Labute approximate surface area is 175 Å². The van der Waals surface area contributed by atoms with Crippen LogP contribution in [-0.4, -0.2) is 69.9 Å². The number of carbonyl (C=O) groups is 1. The lowest BCUT2D eigenvalue weighted by atomic mass is 10.3. The van der Waals surface area contributed by atoms with Crippen molar-refractivity contribution in [1.29, 1.82) is 0 Å². The SMILES string of the molecule is Cl.O=C(Cn1cncn1)N(CCN1CCOCC1)c1nc2c(F)cc(F)cc2s1. The molecule has 2 aromatic heterocycles. The second-order valence-electron chi connectivity index (χ2n) is 6.32. The summed E-state index contributed by atoms with van der Waals surface area (Å²) in [6.07, 6.45) is 2.80. The topological polar surface area (TPSA) is 76.4 Å². The van der Waals surface area contributed by atoms with Gasteiger partial charge in [-0.25, -0.2) is 23.4 Å². The van der Waals surface area contributed by atoms with Gasteiger partial charge in [-0.1, -0.05) is 11.3 Å². The molecular formula is C17H19ClF2N6O2S. The number of carbonyl (C=O) groups excluding carboxylic acids is 1. The average molecular weight is 445 g/mol. The lowest BCUT2D eigenvalue weighted by Crippen LogP contribution is -2.44. The third-order valence-electron chi connectivity index (χ3n) is 4.44. The highest BCUT2D eigenvalue weighted by molar-refractivity contribution is 7.22. The van der Waals surface area contributed by atoms with Crippen molar-refractivity contribution in [2.24, 2.45) is 0 Å². The number of hydrogen-bond donors (Lipinski definition) is 0. The Bertz CT molecular complexity index is 964. The summed E-state index contributed by atoms with van der Waals surface area (Å²) in [6.45, 7) is 3.85. The molecular weight excluding hydrogens is 426 g/mol. The van der Waals surface area contributed by atoms with E-state index >= 15 is 0 Å². The van der Waals surface area contributed by atoms with Crippen LogP contribution >= 0.6 is 23.7 Å².